The summed E-state index contributed by atoms with van der Waals surface area (Å²) in [4.78, 5) is 0. The summed E-state index contributed by atoms with van der Waals surface area (Å²) in [5, 5.41) is 0. The fraction of sp³-hybridized carbons (Fsp3) is 1.00. The Labute approximate surface area is 72.4 Å². The monoisotopic (exact) mass is 273 g/mol. The van der Waals surface area contributed by atoms with E-state index in [0.29, 0.717) is 0 Å². The van der Waals surface area contributed by atoms with E-state index in [4.69, 9.17) is 4.74 Å². The number of rotatable bonds is 1. The topological polar surface area (TPSA) is 12.5 Å². The van der Waals surface area contributed by atoms with Crippen LogP contribution in [0.2, 0.25) is 0 Å². The highest BCUT2D eigenvalue weighted by molar-refractivity contribution is 9.48. The summed E-state index contributed by atoms with van der Waals surface area (Å²) in [6, 6.07) is 0. The zero-order valence-electron chi connectivity index (χ0n) is 5.02. The van der Waals surface area contributed by atoms with Gasteiger partial charge in [0.1, 0.15) is 0 Å². The van der Waals surface area contributed by atoms with Crippen LogP contribution in [-0.4, -0.2) is 37.1 Å². The molecule has 0 amide bonds. The average molecular weight is 275 g/mol. The molecule has 2 nitrogen and oxygen atoms in total. The van der Waals surface area contributed by atoms with Gasteiger partial charge < -0.3 is 9.30 Å². The van der Waals surface area contributed by atoms with E-state index in [1.807, 2.05) is 0 Å². The van der Waals surface area contributed by atoms with Crippen molar-refractivity contribution >= 4 is 36.8 Å². The van der Waals surface area contributed by atoms with Crippen LogP contribution < -0.4 is 0 Å². The van der Waals surface area contributed by atoms with Crippen molar-refractivity contribution in [3.63, 3.8) is 0 Å². The Balaban J connectivity index is 2.23. The first-order valence-electron chi connectivity index (χ1n) is 2.90. The SMILES string of the molecule is Br[SiH](Br)N1CCOCC1. The lowest BCUT2D eigenvalue weighted by molar-refractivity contribution is 0.0732. The van der Waals surface area contributed by atoms with Crippen LogP contribution in [0, 0.1) is 0 Å². The third-order valence-corrected chi connectivity index (χ3v) is 5.86. The van der Waals surface area contributed by atoms with Crippen LogP contribution in [0.5, 0.6) is 0 Å². The molecule has 0 bridgehead atoms. The van der Waals surface area contributed by atoms with Crippen molar-refractivity contribution < 1.29 is 4.74 Å². The highest BCUT2D eigenvalue weighted by Crippen LogP contribution is 2.10. The van der Waals surface area contributed by atoms with Gasteiger partial charge in [0.25, 0.3) is 6.20 Å². The largest absolute Gasteiger partial charge is 0.379 e. The lowest BCUT2D eigenvalue weighted by Crippen LogP contribution is -2.40. The van der Waals surface area contributed by atoms with E-state index in [9.17, 15) is 0 Å². The molecule has 0 atom stereocenters. The quantitative estimate of drug-likeness (QED) is 0.519. The molecule has 1 rings (SSSR count). The molecule has 0 aromatic rings. The molecule has 0 N–H and O–H groups in total. The van der Waals surface area contributed by atoms with Crippen molar-refractivity contribution in [2.24, 2.45) is 0 Å². The van der Waals surface area contributed by atoms with E-state index >= 15 is 0 Å². The molecule has 1 aliphatic rings. The van der Waals surface area contributed by atoms with Crippen molar-refractivity contribution in [2.45, 2.75) is 0 Å². The normalized spacial score (nSPS) is 23.0. The summed E-state index contributed by atoms with van der Waals surface area (Å²) in [5.74, 6) is 0. The zero-order valence-corrected chi connectivity index (χ0v) is 9.34. The van der Waals surface area contributed by atoms with Crippen LogP contribution in [-0.2, 0) is 4.74 Å². The maximum Gasteiger partial charge on any atom is 0.257 e. The summed E-state index contributed by atoms with van der Waals surface area (Å²) in [5.41, 5.74) is 0. The second-order valence-corrected chi connectivity index (χ2v) is 12.1. The van der Waals surface area contributed by atoms with Crippen LogP contribution in [0.25, 0.3) is 0 Å². The number of nitrogens with zero attached hydrogens (tertiary/aromatic N) is 1. The number of morpholine rings is 1. The number of ether oxygens (including phenoxy) is 1. The van der Waals surface area contributed by atoms with E-state index in [1.165, 1.54) is 0 Å². The molecule has 1 heterocycles. The summed E-state index contributed by atoms with van der Waals surface area (Å²) in [7, 11) is 0. The summed E-state index contributed by atoms with van der Waals surface area (Å²) >= 11 is 7.12. The Hall–Kier alpha value is 1.10. The fourth-order valence-electron chi connectivity index (χ4n) is 0.773. The second-order valence-electron chi connectivity index (χ2n) is 1.93. The highest BCUT2D eigenvalue weighted by Gasteiger charge is 2.16. The van der Waals surface area contributed by atoms with Gasteiger partial charge in [-0.2, -0.15) is 0 Å². The molecule has 0 unspecified atom stereocenters. The summed E-state index contributed by atoms with van der Waals surface area (Å²) in [6.45, 7) is 3.93. The van der Waals surface area contributed by atoms with Gasteiger partial charge in [-0.1, -0.05) is 30.6 Å². The van der Waals surface area contributed by atoms with E-state index in [1.54, 1.807) is 0 Å². The van der Waals surface area contributed by atoms with Gasteiger partial charge in [0.15, 0.2) is 0 Å². The third-order valence-electron chi connectivity index (χ3n) is 1.32. The molecule has 0 radical (unpaired) electrons. The van der Waals surface area contributed by atoms with Gasteiger partial charge in [0.2, 0.25) is 0 Å². The van der Waals surface area contributed by atoms with Gasteiger partial charge in [-0.15, -0.1) is 0 Å². The van der Waals surface area contributed by atoms with Gasteiger partial charge in [-0.3, -0.25) is 0 Å². The standard InChI is InChI=1S/C4H9Br2NOSi/c5-9(6)7-1-3-8-4-2-7/h9H,1-4H2. The van der Waals surface area contributed by atoms with Gasteiger partial charge in [-0.25, -0.2) is 0 Å². The summed E-state index contributed by atoms with van der Waals surface area (Å²) in [6.07, 6.45) is -0.874. The lowest BCUT2D eigenvalue weighted by atomic mass is 10.5. The molecule has 1 aliphatic heterocycles. The van der Waals surface area contributed by atoms with Crippen molar-refractivity contribution in [3.8, 4) is 0 Å². The van der Waals surface area contributed by atoms with Crippen LogP contribution in [0.1, 0.15) is 0 Å². The predicted octanol–water partition coefficient (Wildman–Crippen LogP) is 0.826. The Morgan fingerprint density at radius 1 is 1.22 bits per heavy atom. The molecular weight excluding hydrogens is 266 g/mol. The first kappa shape index (κ1) is 8.20. The Kier molecular flexibility index (Phi) is 3.71. The first-order valence-corrected chi connectivity index (χ1v) is 9.79. The number of hydrogen-bond acceptors (Lipinski definition) is 2. The molecule has 0 saturated carbocycles. The first-order chi connectivity index (χ1) is 4.30. The molecule has 1 fully saturated rings. The average Bonchev–Trinajstić information content (AvgIpc) is 1.90. The minimum absolute atomic E-state index is 0.874. The van der Waals surface area contributed by atoms with E-state index < -0.39 is 6.20 Å². The van der Waals surface area contributed by atoms with E-state index in [-0.39, 0.29) is 0 Å². The fourth-order valence-corrected chi connectivity index (χ4v) is 3.83. The highest BCUT2D eigenvalue weighted by atomic mass is 79.9. The predicted molar refractivity (Wildman–Crippen MR) is 47.4 cm³/mol. The Morgan fingerprint density at radius 2 is 1.78 bits per heavy atom. The molecule has 0 spiro atoms. The van der Waals surface area contributed by atoms with Crippen LogP contribution >= 0.6 is 30.6 Å². The smallest absolute Gasteiger partial charge is 0.257 e. The van der Waals surface area contributed by atoms with Gasteiger partial charge in [0, 0.05) is 13.1 Å². The summed E-state index contributed by atoms with van der Waals surface area (Å²) < 4.78 is 7.60. The molecular formula is C4H9Br2NOSi. The number of halogens is 2. The molecule has 0 aliphatic carbocycles. The lowest BCUT2D eigenvalue weighted by Gasteiger charge is -2.27. The third kappa shape index (κ3) is 2.67. The van der Waals surface area contributed by atoms with Crippen LogP contribution in [0.15, 0.2) is 0 Å². The van der Waals surface area contributed by atoms with Gasteiger partial charge in [0.05, 0.1) is 13.2 Å². The minimum atomic E-state index is -0.874. The zero-order chi connectivity index (χ0) is 6.69. The Morgan fingerprint density at radius 3 is 2.11 bits per heavy atom. The van der Waals surface area contributed by atoms with Gasteiger partial charge in [-0.05, 0) is 0 Å². The number of hydrogen-bond donors (Lipinski definition) is 0. The van der Waals surface area contributed by atoms with Gasteiger partial charge >= 0.3 is 0 Å². The van der Waals surface area contributed by atoms with E-state index in [2.05, 4.69) is 35.2 Å². The van der Waals surface area contributed by atoms with Crippen LogP contribution in [0.3, 0.4) is 0 Å². The Bertz CT molecular complexity index is 86.6. The second kappa shape index (κ2) is 4.08. The van der Waals surface area contributed by atoms with E-state index in [0.717, 1.165) is 26.3 Å². The maximum atomic E-state index is 5.19. The minimum Gasteiger partial charge on any atom is -0.379 e. The van der Waals surface area contributed by atoms with Crippen LogP contribution in [0.4, 0.5) is 0 Å². The van der Waals surface area contributed by atoms with Crippen molar-refractivity contribution in [1.82, 2.24) is 4.57 Å². The molecule has 9 heavy (non-hydrogen) atoms. The molecule has 0 aromatic carbocycles. The molecule has 1 saturated heterocycles. The molecule has 5 heteroatoms. The van der Waals surface area contributed by atoms with Crippen molar-refractivity contribution in [3.05, 3.63) is 0 Å². The molecule has 0 aromatic heterocycles. The maximum absolute atomic E-state index is 5.19. The van der Waals surface area contributed by atoms with Crippen molar-refractivity contribution in [2.75, 3.05) is 26.3 Å². The molecule has 54 valence electrons. The van der Waals surface area contributed by atoms with Crippen molar-refractivity contribution in [1.29, 1.82) is 0 Å².